The minimum Gasteiger partial charge on any atom is -0.488 e. The molecule has 0 spiro atoms. The Morgan fingerprint density at radius 2 is 1.92 bits per heavy atom. The molecule has 0 bridgehead atoms. The number of nitrogens with zero attached hydrogens (tertiary/aromatic N) is 4. The second kappa shape index (κ2) is 7.48. The fourth-order valence-corrected chi connectivity index (χ4v) is 3.29. The van der Waals surface area contributed by atoms with Crippen LogP contribution in [0.15, 0.2) is 47.4 Å². The van der Waals surface area contributed by atoms with Gasteiger partial charge in [-0.25, -0.2) is 12.7 Å². The van der Waals surface area contributed by atoms with Crippen LogP contribution >= 0.6 is 11.6 Å². The molecule has 138 valence electrons. The van der Waals surface area contributed by atoms with Gasteiger partial charge in [0, 0.05) is 14.1 Å². The number of hydrogen-bond acceptors (Lipinski definition) is 6. The van der Waals surface area contributed by atoms with Gasteiger partial charge in [0.1, 0.15) is 23.4 Å². The molecule has 1 aromatic heterocycles. The van der Waals surface area contributed by atoms with Gasteiger partial charge in [-0.1, -0.05) is 28.6 Å². The van der Waals surface area contributed by atoms with Crippen LogP contribution in [0.4, 0.5) is 0 Å². The molecule has 0 unspecified atom stereocenters. The lowest BCUT2D eigenvalue weighted by Gasteiger charge is -2.11. The highest BCUT2D eigenvalue weighted by atomic mass is 35.5. The Balaban J connectivity index is 1.71. The minimum atomic E-state index is -3.56. The molecule has 0 atom stereocenters. The molecule has 0 radical (unpaired) electrons. The summed E-state index contributed by atoms with van der Waals surface area (Å²) >= 11 is 6.01. The molecule has 0 saturated carbocycles. The standard InChI is InChI=1S/C16H17ClN4O4S/c1-20(2)26(22,23)12-7-8-14-15(11-12)21(19-18-14)25-10-9-24-16-6-4-3-5-13(16)17/h3-8,11H,9-10H2,1-2H3. The predicted octanol–water partition coefficient (Wildman–Crippen LogP) is 1.84. The molecule has 0 N–H and O–H groups in total. The van der Waals surface area contributed by atoms with Crippen LogP contribution in [-0.2, 0) is 10.0 Å². The first kappa shape index (κ1) is 18.4. The summed E-state index contributed by atoms with van der Waals surface area (Å²) in [6.45, 7) is 0.412. The maximum atomic E-state index is 12.3. The molecular weight excluding hydrogens is 380 g/mol. The first-order valence-electron chi connectivity index (χ1n) is 7.68. The van der Waals surface area contributed by atoms with E-state index in [4.69, 9.17) is 21.2 Å². The molecular formula is C16H17ClN4O4S. The molecule has 10 heteroatoms. The van der Waals surface area contributed by atoms with Crippen LogP contribution < -0.4 is 9.57 Å². The third-order valence-corrected chi connectivity index (χ3v) is 5.68. The number of fused-ring (bicyclic) bond motifs is 1. The second-order valence-corrected chi connectivity index (χ2v) is 8.07. The van der Waals surface area contributed by atoms with Crippen molar-refractivity contribution in [2.75, 3.05) is 27.3 Å². The number of benzene rings is 2. The van der Waals surface area contributed by atoms with Gasteiger partial charge in [0.15, 0.2) is 6.61 Å². The zero-order valence-corrected chi connectivity index (χ0v) is 15.7. The van der Waals surface area contributed by atoms with E-state index < -0.39 is 10.0 Å². The first-order valence-corrected chi connectivity index (χ1v) is 9.50. The number of para-hydroxylation sites is 1. The van der Waals surface area contributed by atoms with Crippen LogP contribution in [-0.4, -0.2) is 55.2 Å². The van der Waals surface area contributed by atoms with Crippen molar-refractivity contribution in [2.24, 2.45) is 0 Å². The van der Waals surface area contributed by atoms with Gasteiger partial charge in [0.2, 0.25) is 10.0 Å². The number of aromatic nitrogens is 3. The molecule has 0 aliphatic rings. The summed E-state index contributed by atoms with van der Waals surface area (Å²) in [6, 6.07) is 11.7. The van der Waals surface area contributed by atoms with Gasteiger partial charge in [-0.05, 0) is 35.5 Å². The van der Waals surface area contributed by atoms with Crippen LogP contribution in [0.1, 0.15) is 0 Å². The molecule has 3 rings (SSSR count). The van der Waals surface area contributed by atoms with Crippen LogP contribution in [0.5, 0.6) is 5.75 Å². The zero-order chi connectivity index (χ0) is 18.7. The van der Waals surface area contributed by atoms with Crippen molar-refractivity contribution in [1.29, 1.82) is 0 Å². The highest BCUT2D eigenvalue weighted by molar-refractivity contribution is 7.89. The van der Waals surface area contributed by atoms with Crippen molar-refractivity contribution in [1.82, 2.24) is 19.5 Å². The average Bonchev–Trinajstić information content (AvgIpc) is 3.02. The smallest absolute Gasteiger partial charge is 0.242 e. The Morgan fingerprint density at radius 3 is 2.65 bits per heavy atom. The topological polar surface area (TPSA) is 86.6 Å². The summed E-state index contributed by atoms with van der Waals surface area (Å²) in [5, 5.41) is 8.35. The fourth-order valence-electron chi connectivity index (χ4n) is 2.18. The van der Waals surface area contributed by atoms with Gasteiger partial charge < -0.3 is 9.57 Å². The maximum absolute atomic E-state index is 12.3. The van der Waals surface area contributed by atoms with Crippen LogP contribution in [0.3, 0.4) is 0 Å². The Kier molecular flexibility index (Phi) is 5.30. The lowest BCUT2D eigenvalue weighted by atomic mass is 10.3. The Labute approximate surface area is 155 Å². The van der Waals surface area contributed by atoms with E-state index >= 15 is 0 Å². The number of sulfonamides is 1. The number of hydrogen-bond donors (Lipinski definition) is 0. The molecule has 0 aliphatic carbocycles. The highest BCUT2D eigenvalue weighted by Crippen LogP contribution is 2.23. The van der Waals surface area contributed by atoms with Crippen molar-refractivity contribution in [3.63, 3.8) is 0 Å². The lowest BCUT2D eigenvalue weighted by Crippen LogP contribution is -2.22. The predicted molar refractivity (Wildman–Crippen MR) is 96.8 cm³/mol. The SMILES string of the molecule is CN(C)S(=O)(=O)c1ccc2nnn(OCCOc3ccccc3Cl)c2c1. The summed E-state index contributed by atoms with van der Waals surface area (Å²) in [5.74, 6) is 0.556. The van der Waals surface area contributed by atoms with Crippen LogP contribution in [0, 0.1) is 0 Å². The maximum Gasteiger partial charge on any atom is 0.242 e. The van der Waals surface area contributed by atoms with Gasteiger partial charge >= 0.3 is 0 Å². The van der Waals surface area contributed by atoms with Crippen molar-refractivity contribution in [3.8, 4) is 5.75 Å². The molecule has 1 heterocycles. The van der Waals surface area contributed by atoms with Crippen LogP contribution in [0.25, 0.3) is 11.0 Å². The van der Waals surface area contributed by atoms with Crippen LogP contribution in [0.2, 0.25) is 5.02 Å². The summed E-state index contributed by atoms with van der Waals surface area (Å²) in [4.78, 5) is 6.83. The minimum absolute atomic E-state index is 0.134. The fraction of sp³-hybridized carbons (Fsp3) is 0.250. The van der Waals surface area contributed by atoms with E-state index in [1.54, 1.807) is 18.2 Å². The monoisotopic (exact) mass is 396 g/mol. The van der Waals surface area contributed by atoms with Gasteiger partial charge in [-0.15, -0.1) is 5.10 Å². The van der Waals surface area contributed by atoms with E-state index in [1.165, 1.54) is 31.1 Å². The second-order valence-electron chi connectivity index (χ2n) is 5.51. The van der Waals surface area contributed by atoms with Gasteiger partial charge in [0.05, 0.1) is 9.92 Å². The molecule has 3 aromatic rings. The van der Waals surface area contributed by atoms with E-state index in [-0.39, 0.29) is 18.1 Å². The van der Waals surface area contributed by atoms with E-state index in [2.05, 4.69) is 10.3 Å². The Morgan fingerprint density at radius 1 is 1.15 bits per heavy atom. The highest BCUT2D eigenvalue weighted by Gasteiger charge is 2.19. The summed E-state index contributed by atoms with van der Waals surface area (Å²) < 4.78 is 31.2. The van der Waals surface area contributed by atoms with E-state index in [0.717, 1.165) is 4.31 Å². The summed E-state index contributed by atoms with van der Waals surface area (Å²) in [6.07, 6.45) is 0. The Bertz CT molecular complexity index is 1020. The summed E-state index contributed by atoms with van der Waals surface area (Å²) in [5.41, 5.74) is 0.973. The van der Waals surface area contributed by atoms with Crippen molar-refractivity contribution < 1.29 is 18.0 Å². The molecule has 0 saturated heterocycles. The van der Waals surface area contributed by atoms with E-state index in [9.17, 15) is 8.42 Å². The largest absolute Gasteiger partial charge is 0.488 e. The number of halogens is 1. The normalized spacial score (nSPS) is 11.8. The zero-order valence-electron chi connectivity index (χ0n) is 14.2. The first-order chi connectivity index (χ1) is 12.4. The molecule has 2 aromatic carbocycles. The molecule has 26 heavy (non-hydrogen) atoms. The van der Waals surface area contributed by atoms with E-state index in [0.29, 0.717) is 21.8 Å². The van der Waals surface area contributed by atoms with Gasteiger partial charge in [-0.2, -0.15) is 0 Å². The van der Waals surface area contributed by atoms with E-state index in [1.807, 2.05) is 12.1 Å². The lowest BCUT2D eigenvalue weighted by molar-refractivity contribution is 0.0640. The van der Waals surface area contributed by atoms with Crippen molar-refractivity contribution in [2.45, 2.75) is 4.90 Å². The number of ether oxygens (including phenoxy) is 1. The van der Waals surface area contributed by atoms with Crippen molar-refractivity contribution in [3.05, 3.63) is 47.5 Å². The molecule has 0 aliphatic heterocycles. The third-order valence-electron chi connectivity index (χ3n) is 3.56. The van der Waals surface area contributed by atoms with Crippen molar-refractivity contribution >= 4 is 32.7 Å². The molecule has 8 nitrogen and oxygen atoms in total. The third kappa shape index (κ3) is 3.74. The quantitative estimate of drug-likeness (QED) is 0.566. The molecule has 0 amide bonds. The molecule has 0 fully saturated rings. The summed E-state index contributed by atoms with van der Waals surface area (Å²) in [7, 11) is -0.620. The average molecular weight is 397 g/mol. The van der Waals surface area contributed by atoms with Gasteiger partial charge in [-0.3, -0.25) is 0 Å². The number of rotatable bonds is 7. The van der Waals surface area contributed by atoms with Gasteiger partial charge in [0.25, 0.3) is 0 Å². The Hall–Kier alpha value is -2.36.